The second-order valence-corrected chi connectivity index (χ2v) is 6.84. The Bertz CT molecular complexity index is 340. The number of nitrogens with one attached hydrogen (secondary N) is 1. The monoisotopic (exact) mass is 284 g/mol. The number of hydrogen-bond donors (Lipinski definition) is 1. The van der Waals surface area contributed by atoms with Crippen LogP contribution in [0.25, 0.3) is 0 Å². The van der Waals surface area contributed by atoms with Crippen LogP contribution in [0.15, 0.2) is 0 Å². The van der Waals surface area contributed by atoms with Gasteiger partial charge >= 0.3 is 6.09 Å². The summed E-state index contributed by atoms with van der Waals surface area (Å²) in [5, 5.41) is 2.91. The zero-order valence-electron chi connectivity index (χ0n) is 13.4. The summed E-state index contributed by atoms with van der Waals surface area (Å²) >= 11 is 0. The fourth-order valence-electron chi connectivity index (χ4n) is 2.29. The molecule has 0 atom stereocenters. The summed E-state index contributed by atoms with van der Waals surface area (Å²) < 4.78 is 5.35. The molecule has 0 saturated carbocycles. The van der Waals surface area contributed by atoms with Gasteiger partial charge in [-0.15, -0.1) is 0 Å². The largest absolute Gasteiger partial charge is 0.444 e. The van der Waals surface area contributed by atoms with Gasteiger partial charge < -0.3 is 15.0 Å². The van der Waals surface area contributed by atoms with E-state index in [-0.39, 0.29) is 18.0 Å². The average Bonchev–Trinajstić information content (AvgIpc) is 2.26. The lowest BCUT2D eigenvalue weighted by Crippen LogP contribution is -2.42. The van der Waals surface area contributed by atoms with Gasteiger partial charge in [0, 0.05) is 25.6 Å². The van der Waals surface area contributed by atoms with E-state index in [9.17, 15) is 9.59 Å². The van der Waals surface area contributed by atoms with Gasteiger partial charge in [0.25, 0.3) is 0 Å². The molecule has 0 aromatic heterocycles. The molecule has 1 heterocycles. The molecule has 0 aliphatic carbocycles. The van der Waals surface area contributed by atoms with Gasteiger partial charge in [-0.25, -0.2) is 4.79 Å². The highest BCUT2D eigenvalue weighted by molar-refractivity contribution is 5.76. The molecule has 1 saturated heterocycles. The van der Waals surface area contributed by atoms with Crippen LogP contribution in [0, 0.1) is 5.92 Å². The Morgan fingerprint density at radius 3 is 2.25 bits per heavy atom. The zero-order chi connectivity index (χ0) is 15.3. The Balaban J connectivity index is 2.33. The van der Waals surface area contributed by atoms with E-state index >= 15 is 0 Å². The van der Waals surface area contributed by atoms with Crippen molar-refractivity contribution in [2.24, 2.45) is 5.92 Å². The third kappa shape index (κ3) is 6.26. The third-order valence-corrected chi connectivity index (χ3v) is 3.19. The maximum absolute atomic E-state index is 11.9. The first-order valence-corrected chi connectivity index (χ1v) is 7.44. The molecule has 2 amide bonds. The van der Waals surface area contributed by atoms with E-state index in [2.05, 4.69) is 5.32 Å². The first-order valence-electron chi connectivity index (χ1n) is 7.44. The molecule has 5 nitrogen and oxygen atoms in total. The Hall–Kier alpha value is -1.26. The predicted molar refractivity (Wildman–Crippen MR) is 78.4 cm³/mol. The van der Waals surface area contributed by atoms with Crippen LogP contribution < -0.4 is 5.32 Å². The van der Waals surface area contributed by atoms with E-state index in [0.29, 0.717) is 25.4 Å². The number of carbonyl (C=O) groups excluding carboxylic acids is 2. The van der Waals surface area contributed by atoms with Crippen LogP contribution in [-0.4, -0.2) is 41.6 Å². The zero-order valence-corrected chi connectivity index (χ0v) is 13.4. The van der Waals surface area contributed by atoms with Crippen molar-refractivity contribution in [1.29, 1.82) is 0 Å². The van der Waals surface area contributed by atoms with Crippen LogP contribution in [0.4, 0.5) is 4.79 Å². The first kappa shape index (κ1) is 16.8. The molecule has 0 aromatic carbocycles. The van der Waals surface area contributed by atoms with Gasteiger partial charge in [-0.3, -0.25) is 4.79 Å². The topological polar surface area (TPSA) is 58.6 Å². The maximum Gasteiger partial charge on any atom is 0.410 e. The summed E-state index contributed by atoms with van der Waals surface area (Å²) in [6.45, 7) is 10.9. The van der Waals surface area contributed by atoms with E-state index in [4.69, 9.17) is 4.74 Å². The van der Waals surface area contributed by atoms with Gasteiger partial charge in [-0.2, -0.15) is 0 Å². The molecule has 0 unspecified atom stereocenters. The molecule has 1 aliphatic rings. The first-order chi connectivity index (χ1) is 9.17. The number of amides is 2. The lowest BCUT2D eigenvalue weighted by atomic mass is 9.93. The minimum atomic E-state index is -0.453. The second kappa shape index (κ2) is 6.95. The van der Waals surface area contributed by atoms with Crippen LogP contribution in [-0.2, 0) is 9.53 Å². The number of hydrogen-bond acceptors (Lipinski definition) is 3. The summed E-state index contributed by atoms with van der Waals surface area (Å²) in [5.74, 6) is 0.475. The molecule has 116 valence electrons. The van der Waals surface area contributed by atoms with E-state index < -0.39 is 5.60 Å². The molecule has 1 N–H and O–H groups in total. The van der Waals surface area contributed by atoms with Crippen molar-refractivity contribution in [2.75, 3.05) is 13.1 Å². The normalized spacial score (nSPS) is 17.2. The van der Waals surface area contributed by atoms with Crippen LogP contribution in [0.3, 0.4) is 0 Å². The van der Waals surface area contributed by atoms with Crippen molar-refractivity contribution >= 4 is 12.0 Å². The number of rotatable bonds is 3. The molecule has 1 fully saturated rings. The van der Waals surface area contributed by atoms with Gasteiger partial charge in [0.05, 0.1) is 0 Å². The molecular formula is C15H28N2O3. The Labute approximate surface area is 122 Å². The Kier molecular flexibility index (Phi) is 5.84. The van der Waals surface area contributed by atoms with Crippen LogP contribution >= 0.6 is 0 Å². The van der Waals surface area contributed by atoms with Crippen molar-refractivity contribution in [1.82, 2.24) is 10.2 Å². The van der Waals surface area contributed by atoms with Gasteiger partial charge in [-0.1, -0.05) is 0 Å². The van der Waals surface area contributed by atoms with E-state index in [0.717, 1.165) is 12.8 Å². The third-order valence-electron chi connectivity index (χ3n) is 3.19. The Morgan fingerprint density at radius 1 is 1.25 bits per heavy atom. The molecule has 5 heteroatoms. The highest BCUT2D eigenvalue weighted by Crippen LogP contribution is 2.22. The van der Waals surface area contributed by atoms with Crippen molar-refractivity contribution in [2.45, 2.75) is 65.5 Å². The molecule has 0 spiro atoms. The molecule has 1 rings (SSSR count). The summed E-state index contributed by atoms with van der Waals surface area (Å²) in [6, 6.07) is 0.185. The molecule has 0 aromatic rings. The highest BCUT2D eigenvalue weighted by Gasteiger charge is 2.27. The Morgan fingerprint density at radius 2 is 1.80 bits per heavy atom. The lowest BCUT2D eigenvalue weighted by molar-refractivity contribution is -0.122. The van der Waals surface area contributed by atoms with Crippen LogP contribution in [0.5, 0.6) is 0 Å². The smallest absolute Gasteiger partial charge is 0.410 e. The average molecular weight is 284 g/mol. The fraction of sp³-hybridized carbons (Fsp3) is 0.867. The number of likely N-dealkylation sites (tertiary alicyclic amines) is 1. The van der Waals surface area contributed by atoms with Crippen molar-refractivity contribution in [3.05, 3.63) is 0 Å². The minimum Gasteiger partial charge on any atom is -0.444 e. The molecule has 0 radical (unpaired) electrons. The fourth-order valence-corrected chi connectivity index (χ4v) is 2.29. The maximum atomic E-state index is 11.9. The van der Waals surface area contributed by atoms with E-state index in [1.807, 2.05) is 34.6 Å². The summed E-state index contributed by atoms with van der Waals surface area (Å²) in [5.41, 5.74) is -0.453. The standard InChI is InChI=1S/C15H28N2O3/c1-11(2)16-13(18)10-12-6-8-17(9-7-12)14(19)20-15(3,4)5/h11-12H,6-10H2,1-5H3,(H,16,18). The second-order valence-electron chi connectivity index (χ2n) is 6.84. The lowest BCUT2D eigenvalue weighted by Gasteiger charge is -2.33. The molecule has 20 heavy (non-hydrogen) atoms. The SMILES string of the molecule is CC(C)NC(=O)CC1CCN(C(=O)OC(C)(C)C)CC1. The van der Waals surface area contributed by atoms with Gasteiger partial charge in [0.2, 0.25) is 5.91 Å². The van der Waals surface area contributed by atoms with Gasteiger partial charge in [-0.05, 0) is 53.4 Å². The number of nitrogens with zero attached hydrogens (tertiary/aromatic N) is 1. The number of carbonyl (C=O) groups is 2. The van der Waals surface area contributed by atoms with Crippen molar-refractivity contribution < 1.29 is 14.3 Å². The molecular weight excluding hydrogens is 256 g/mol. The van der Waals surface area contributed by atoms with Crippen molar-refractivity contribution in [3.63, 3.8) is 0 Å². The van der Waals surface area contributed by atoms with Gasteiger partial charge in [0.1, 0.15) is 5.60 Å². The number of ether oxygens (including phenoxy) is 1. The van der Waals surface area contributed by atoms with Crippen LogP contribution in [0.2, 0.25) is 0 Å². The van der Waals surface area contributed by atoms with E-state index in [1.54, 1.807) is 4.90 Å². The summed E-state index contributed by atoms with van der Waals surface area (Å²) in [6.07, 6.45) is 2.04. The summed E-state index contributed by atoms with van der Waals surface area (Å²) in [4.78, 5) is 25.4. The minimum absolute atomic E-state index is 0.107. The van der Waals surface area contributed by atoms with E-state index in [1.165, 1.54) is 0 Å². The number of piperidine rings is 1. The molecule has 1 aliphatic heterocycles. The quantitative estimate of drug-likeness (QED) is 0.866. The summed E-state index contributed by atoms with van der Waals surface area (Å²) in [7, 11) is 0. The van der Waals surface area contributed by atoms with Crippen LogP contribution in [0.1, 0.15) is 53.9 Å². The van der Waals surface area contributed by atoms with Gasteiger partial charge in [0.15, 0.2) is 0 Å². The van der Waals surface area contributed by atoms with Crippen molar-refractivity contribution in [3.8, 4) is 0 Å². The molecule has 0 bridgehead atoms. The predicted octanol–water partition coefficient (Wildman–Crippen LogP) is 2.55. The highest BCUT2D eigenvalue weighted by atomic mass is 16.6.